The molecule has 0 atom stereocenters. The molecular formula is C18H13NO2. The summed E-state index contributed by atoms with van der Waals surface area (Å²) in [5, 5.41) is 1.58. The minimum absolute atomic E-state index is 0.0131. The first kappa shape index (κ1) is 12.0. The summed E-state index contributed by atoms with van der Waals surface area (Å²) in [5.74, 6) is 0.601. The van der Waals surface area contributed by atoms with Crippen molar-refractivity contribution in [2.45, 2.75) is 0 Å². The third-order valence-electron chi connectivity index (χ3n) is 3.82. The van der Waals surface area contributed by atoms with Crippen molar-refractivity contribution in [1.82, 2.24) is 4.57 Å². The minimum atomic E-state index is -0.0131. The van der Waals surface area contributed by atoms with Crippen molar-refractivity contribution in [3.8, 4) is 11.3 Å². The van der Waals surface area contributed by atoms with Gasteiger partial charge in [0.2, 0.25) is 0 Å². The first-order valence-corrected chi connectivity index (χ1v) is 6.81. The van der Waals surface area contributed by atoms with E-state index in [0.717, 1.165) is 16.5 Å². The highest BCUT2D eigenvalue weighted by Crippen LogP contribution is 2.28. The molecule has 0 saturated carbocycles. The Morgan fingerprint density at radius 3 is 2.57 bits per heavy atom. The lowest BCUT2D eigenvalue weighted by Gasteiger charge is -2.04. The highest BCUT2D eigenvalue weighted by atomic mass is 16.3. The molecule has 0 spiro atoms. The summed E-state index contributed by atoms with van der Waals surface area (Å²) in [6, 6.07) is 17.0. The number of hydrogen-bond acceptors (Lipinski definition) is 2. The van der Waals surface area contributed by atoms with Crippen LogP contribution >= 0.6 is 0 Å². The van der Waals surface area contributed by atoms with Gasteiger partial charge in [0.1, 0.15) is 11.3 Å². The number of hydrogen-bond donors (Lipinski definition) is 0. The maximum Gasteiger partial charge on any atom is 0.193 e. The fourth-order valence-electron chi connectivity index (χ4n) is 2.71. The van der Waals surface area contributed by atoms with Gasteiger partial charge in [-0.2, -0.15) is 0 Å². The Labute approximate surface area is 121 Å². The Hall–Kier alpha value is -2.81. The smallest absolute Gasteiger partial charge is 0.193 e. The molecule has 3 heteroatoms. The summed E-state index contributed by atoms with van der Waals surface area (Å²) in [6.07, 6.45) is 1.97. The molecule has 0 fully saturated rings. The Kier molecular flexibility index (Phi) is 2.48. The number of nitrogens with zero attached hydrogens (tertiary/aromatic N) is 1. The number of fused-ring (bicyclic) bond motifs is 3. The molecule has 0 bridgehead atoms. The first-order chi connectivity index (χ1) is 10.2. The van der Waals surface area contributed by atoms with E-state index in [2.05, 4.69) is 0 Å². The van der Waals surface area contributed by atoms with Crippen molar-refractivity contribution < 1.29 is 4.42 Å². The van der Waals surface area contributed by atoms with Crippen LogP contribution in [0.1, 0.15) is 0 Å². The van der Waals surface area contributed by atoms with E-state index in [1.54, 1.807) is 6.07 Å². The molecule has 0 radical (unpaired) electrons. The zero-order chi connectivity index (χ0) is 14.4. The second-order valence-electron chi connectivity index (χ2n) is 5.14. The molecule has 3 nitrogen and oxygen atoms in total. The average molecular weight is 275 g/mol. The van der Waals surface area contributed by atoms with Gasteiger partial charge in [-0.3, -0.25) is 4.79 Å². The van der Waals surface area contributed by atoms with Crippen molar-refractivity contribution in [3.63, 3.8) is 0 Å². The Balaban J connectivity index is 2.12. The summed E-state index contributed by atoms with van der Waals surface area (Å²) >= 11 is 0. The molecule has 0 aliphatic heterocycles. The van der Waals surface area contributed by atoms with E-state index in [0.29, 0.717) is 16.7 Å². The molecule has 0 aliphatic carbocycles. The maximum absolute atomic E-state index is 12.4. The second-order valence-corrected chi connectivity index (χ2v) is 5.14. The van der Waals surface area contributed by atoms with Gasteiger partial charge in [0.15, 0.2) is 5.43 Å². The lowest BCUT2D eigenvalue weighted by atomic mass is 10.1. The predicted molar refractivity (Wildman–Crippen MR) is 84.4 cm³/mol. The zero-order valence-electron chi connectivity index (χ0n) is 11.5. The third-order valence-corrected chi connectivity index (χ3v) is 3.82. The molecule has 102 valence electrons. The van der Waals surface area contributed by atoms with E-state index < -0.39 is 0 Å². The quantitative estimate of drug-likeness (QED) is 0.527. The van der Waals surface area contributed by atoms with Gasteiger partial charge < -0.3 is 8.98 Å². The Morgan fingerprint density at radius 2 is 1.76 bits per heavy atom. The van der Waals surface area contributed by atoms with E-state index in [9.17, 15) is 4.79 Å². The maximum atomic E-state index is 12.4. The van der Waals surface area contributed by atoms with Gasteiger partial charge in [-0.25, -0.2) is 0 Å². The van der Waals surface area contributed by atoms with Crippen molar-refractivity contribution in [2.24, 2.45) is 7.05 Å². The van der Waals surface area contributed by atoms with E-state index in [-0.39, 0.29) is 5.43 Å². The molecule has 0 N–H and O–H groups in total. The van der Waals surface area contributed by atoms with Crippen molar-refractivity contribution >= 4 is 21.9 Å². The SMILES string of the molecule is Cn1ccc2c3oc(-c4ccccc4)cc(=O)c3ccc21. The van der Waals surface area contributed by atoms with Crippen molar-refractivity contribution in [2.75, 3.05) is 0 Å². The monoisotopic (exact) mass is 275 g/mol. The van der Waals surface area contributed by atoms with Crippen LogP contribution in [-0.2, 0) is 7.05 Å². The summed E-state index contributed by atoms with van der Waals surface area (Å²) in [6.45, 7) is 0. The normalized spacial score (nSPS) is 11.3. The van der Waals surface area contributed by atoms with Gasteiger partial charge in [-0.05, 0) is 18.2 Å². The largest absolute Gasteiger partial charge is 0.455 e. The van der Waals surface area contributed by atoms with E-state index in [1.807, 2.05) is 66.3 Å². The fraction of sp³-hybridized carbons (Fsp3) is 0.0556. The van der Waals surface area contributed by atoms with Crippen LogP contribution in [0.3, 0.4) is 0 Å². The highest BCUT2D eigenvalue weighted by molar-refractivity contribution is 6.03. The Bertz CT molecular complexity index is 1010. The van der Waals surface area contributed by atoms with E-state index in [1.165, 1.54) is 0 Å². The molecule has 2 aromatic carbocycles. The predicted octanol–water partition coefficient (Wildman–Crippen LogP) is 3.95. The van der Waals surface area contributed by atoms with Gasteiger partial charge in [-0.1, -0.05) is 30.3 Å². The summed E-state index contributed by atoms with van der Waals surface area (Å²) in [4.78, 5) is 12.4. The van der Waals surface area contributed by atoms with Crippen LogP contribution in [0.25, 0.3) is 33.2 Å². The van der Waals surface area contributed by atoms with E-state index >= 15 is 0 Å². The van der Waals surface area contributed by atoms with Gasteiger partial charge in [0.25, 0.3) is 0 Å². The van der Waals surface area contributed by atoms with Crippen LogP contribution in [0.5, 0.6) is 0 Å². The third kappa shape index (κ3) is 1.78. The summed E-state index contributed by atoms with van der Waals surface area (Å²) in [7, 11) is 1.98. The number of rotatable bonds is 1. The Morgan fingerprint density at radius 1 is 0.952 bits per heavy atom. The molecule has 0 amide bonds. The van der Waals surface area contributed by atoms with E-state index in [4.69, 9.17) is 4.42 Å². The molecule has 4 aromatic rings. The summed E-state index contributed by atoms with van der Waals surface area (Å²) in [5.41, 5.74) is 2.60. The van der Waals surface area contributed by atoms with Crippen LogP contribution in [0.2, 0.25) is 0 Å². The van der Waals surface area contributed by atoms with Crippen LogP contribution in [-0.4, -0.2) is 4.57 Å². The van der Waals surface area contributed by atoms with Gasteiger partial charge in [0.05, 0.1) is 10.9 Å². The molecule has 4 rings (SSSR count). The number of benzene rings is 2. The lowest BCUT2D eigenvalue weighted by Crippen LogP contribution is -2.00. The standard InChI is InChI=1S/C18H13NO2/c1-19-10-9-13-15(19)8-7-14-16(20)11-17(21-18(13)14)12-5-3-2-4-6-12/h2-11H,1H3. The fourth-order valence-corrected chi connectivity index (χ4v) is 2.71. The molecule has 21 heavy (non-hydrogen) atoms. The summed E-state index contributed by atoms with van der Waals surface area (Å²) < 4.78 is 8.06. The lowest BCUT2D eigenvalue weighted by molar-refractivity contribution is 0.622. The van der Waals surface area contributed by atoms with Gasteiger partial charge >= 0.3 is 0 Å². The van der Waals surface area contributed by atoms with Crippen molar-refractivity contribution in [3.05, 3.63) is 71.0 Å². The van der Waals surface area contributed by atoms with Crippen LogP contribution in [0, 0.1) is 0 Å². The topological polar surface area (TPSA) is 35.1 Å². The molecule has 2 heterocycles. The zero-order valence-corrected chi connectivity index (χ0v) is 11.5. The first-order valence-electron chi connectivity index (χ1n) is 6.81. The minimum Gasteiger partial charge on any atom is -0.455 e. The molecule has 0 saturated heterocycles. The molecule has 0 unspecified atom stereocenters. The van der Waals surface area contributed by atoms with Gasteiger partial charge in [0, 0.05) is 30.3 Å². The van der Waals surface area contributed by atoms with Crippen molar-refractivity contribution in [1.29, 1.82) is 0 Å². The number of aromatic nitrogens is 1. The van der Waals surface area contributed by atoms with Crippen LogP contribution < -0.4 is 5.43 Å². The molecule has 2 aromatic heterocycles. The molecule has 0 aliphatic rings. The van der Waals surface area contributed by atoms with Crippen LogP contribution in [0.15, 0.2) is 70.0 Å². The number of aryl methyl sites for hydroxylation is 1. The second kappa shape index (κ2) is 4.35. The van der Waals surface area contributed by atoms with Crippen LogP contribution in [0.4, 0.5) is 0 Å². The van der Waals surface area contributed by atoms with Gasteiger partial charge in [-0.15, -0.1) is 0 Å². The molecular weight excluding hydrogens is 262 g/mol. The highest BCUT2D eigenvalue weighted by Gasteiger charge is 2.11. The average Bonchev–Trinajstić information content (AvgIpc) is 2.90.